The van der Waals surface area contributed by atoms with Gasteiger partial charge in [0.05, 0.1) is 30.4 Å². The number of hydrogen-bond acceptors (Lipinski definition) is 8. The minimum absolute atomic E-state index is 0.0391. The molecule has 0 unspecified atom stereocenters. The van der Waals surface area contributed by atoms with E-state index in [9.17, 15) is 23.1 Å². The van der Waals surface area contributed by atoms with Gasteiger partial charge in [-0.1, -0.05) is 18.1 Å². The molecule has 3 rings (SSSR count). The van der Waals surface area contributed by atoms with E-state index < -0.39 is 28.1 Å². The number of rotatable bonds is 8. The lowest BCUT2D eigenvalue weighted by atomic mass is 9.99. The second-order valence-electron chi connectivity index (χ2n) is 10.0. The maximum atomic E-state index is 13.6. The number of amides is 3. The SMILES string of the molecule is Cc1noc(C)c1S(=O)(=O)Nc1cccc2c1O[C@@H](CN(C)C(=O)NC(C)C)[C@@H](C)CN([C@H](C)CO)C2=O. The second-order valence-corrected chi connectivity index (χ2v) is 11.7. The predicted octanol–water partition coefficient (Wildman–Crippen LogP) is 2.36. The summed E-state index contributed by atoms with van der Waals surface area (Å²) in [5.74, 6) is -0.519. The van der Waals surface area contributed by atoms with Crippen LogP contribution < -0.4 is 14.8 Å². The molecule has 1 aromatic carbocycles. The molecule has 0 radical (unpaired) electrons. The highest BCUT2D eigenvalue weighted by molar-refractivity contribution is 7.92. The van der Waals surface area contributed by atoms with Crippen LogP contribution in [-0.2, 0) is 10.0 Å². The summed E-state index contributed by atoms with van der Waals surface area (Å²) in [5, 5.41) is 16.4. The van der Waals surface area contributed by atoms with Crippen LogP contribution in [0.2, 0.25) is 0 Å². The van der Waals surface area contributed by atoms with E-state index in [1.165, 1.54) is 24.8 Å². The van der Waals surface area contributed by atoms with Crippen LogP contribution in [0.1, 0.15) is 49.5 Å². The van der Waals surface area contributed by atoms with Crippen LogP contribution in [0.3, 0.4) is 0 Å². The number of aromatic nitrogens is 1. The van der Waals surface area contributed by atoms with Crippen LogP contribution in [0, 0.1) is 19.8 Å². The van der Waals surface area contributed by atoms with Crippen molar-refractivity contribution in [3.05, 3.63) is 35.2 Å². The van der Waals surface area contributed by atoms with E-state index >= 15 is 0 Å². The van der Waals surface area contributed by atoms with E-state index in [0.29, 0.717) is 0 Å². The lowest BCUT2D eigenvalue weighted by Crippen LogP contribution is -2.51. The van der Waals surface area contributed by atoms with Crippen molar-refractivity contribution < 1.29 is 32.4 Å². The number of carbonyl (C=O) groups excluding carboxylic acids is 2. The van der Waals surface area contributed by atoms with Crippen molar-refractivity contribution in [3.63, 3.8) is 0 Å². The molecule has 3 atom stereocenters. The first-order chi connectivity index (χ1) is 17.8. The molecule has 12 nitrogen and oxygen atoms in total. The Labute approximate surface area is 223 Å². The summed E-state index contributed by atoms with van der Waals surface area (Å²) in [5.41, 5.74) is 0.384. The number of benzene rings is 1. The summed E-state index contributed by atoms with van der Waals surface area (Å²) in [7, 11) is -2.51. The van der Waals surface area contributed by atoms with Crippen LogP contribution >= 0.6 is 0 Å². The Morgan fingerprint density at radius 2 is 1.97 bits per heavy atom. The summed E-state index contributed by atoms with van der Waals surface area (Å²) >= 11 is 0. The van der Waals surface area contributed by atoms with E-state index in [0.717, 1.165) is 0 Å². The Hall–Kier alpha value is -3.32. The molecule has 2 aromatic rings. The molecule has 3 N–H and O–H groups in total. The Balaban J connectivity index is 2.08. The van der Waals surface area contributed by atoms with Crippen molar-refractivity contribution in [2.45, 2.75) is 64.6 Å². The monoisotopic (exact) mass is 551 g/mol. The first-order valence-corrected chi connectivity index (χ1v) is 13.9. The fourth-order valence-electron chi connectivity index (χ4n) is 4.31. The van der Waals surface area contributed by atoms with Crippen molar-refractivity contribution in [2.24, 2.45) is 5.92 Å². The van der Waals surface area contributed by atoms with Gasteiger partial charge in [0.25, 0.3) is 15.9 Å². The lowest BCUT2D eigenvalue weighted by Gasteiger charge is -2.38. The Bertz CT molecular complexity index is 1260. The normalized spacial score (nSPS) is 18.8. The maximum Gasteiger partial charge on any atom is 0.317 e. The Kier molecular flexibility index (Phi) is 8.93. The molecule has 0 saturated carbocycles. The number of sulfonamides is 1. The lowest BCUT2D eigenvalue weighted by molar-refractivity contribution is 0.0369. The predicted molar refractivity (Wildman–Crippen MR) is 141 cm³/mol. The molecule has 1 aliphatic heterocycles. The zero-order valence-electron chi connectivity index (χ0n) is 22.8. The molecular formula is C25H37N5O7S. The smallest absolute Gasteiger partial charge is 0.317 e. The molecule has 0 fully saturated rings. The quantitative estimate of drug-likeness (QED) is 0.452. The topological polar surface area (TPSA) is 154 Å². The molecule has 2 heterocycles. The molecule has 1 aliphatic rings. The van der Waals surface area contributed by atoms with Gasteiger partial charge in [-0.2, -0.15) is 0 Å². The molecule has 3 amide bonds. The molecular weight excluding hydrogens is 514 g/mol. The highest BCUT2D eigenvalue weighted by Gasteiger charge is 2.36. The molecule has 13 heteroatoms. The molecule has 1 aromatic heterocycles. The third-order valence-electron chi connectivity index (χ3n) is 6.38. The summed E-state index contributed by atoms with van der Waals surface area (Å²) in [6, 6.07) is 3.74. The van der Waals surface area contributed by atoms with E-state index in [4.69, 9.17) is 9.26 Å². The largest absolute Gasteiger partial charge is 0.485 e. The molecule has 0 saturated heterocycles. The average Bonchev–Trinajstić information content (AvgIpc) is 3.19. The number of carbonyl (C=O) groups is 2. The van der Waals surface area contributed by atoms with Gasteiger partial charge in [0.15, 0.2) is 16.4 Å². The number of urea groups is 1. The van der Waals surface area contributed by atoms with E-state index in [-0.39, 0.29) is 71.0 Å². The first kappa shape index (κ1) is 29.2. The molecule has 38 heavy (non-hydrogen) atoms. The number of aliphatic hydroxyl groups excluding tert-OH is 1. The zero-order chi connectivity index (χ0) is 28.4. The standard InChI is InChI=1S/C25H37N5O7S/c1-14(2)26-25(33)29(7)12-21-15(3)11-30(16(4)13-31)24(32)19-9-8-10-20(22(19)36-21)28-38(34,35)23-17(5)27-37-18(23)6/h8-10,14-16,21,28,31H,11-13H2,1-7H3,(H,26,33)/t15-,16+,21-/m0/s1. The van der Waals surface area contributed by atoms with Gasteiger partial charge in [0.2, 0.25) is 0 Å². The number of anilines is 1. The third-order valence-corrected chi connectivity index (χ3v) is 7.99. The van der Waals surface area contributed by atoms with Gasteiger partial charge in [0.1, 0.15) is 11.8 Å². The van der Waals surface area contributed by atoms with Crippen LogP contribution in [-0.4, -0.2) is 85.4 Å². The number of ether oxygens (including phenoxy) is 1. The number of para-hydroxylation sites is 1. The van der Waals surface area contributed by atoms with Crippen molar-refractivity contribution in [3.8, 4) is 5.75 Å². The van der Waals surface area contributed by atoms with E-state index in [2.05, 4.69) is 15.2 Å². The number of aliphatic hydroxyl groups is 1. The number of nitrogens with zero attached hydrogens (tertiary/aromatic N) is 3. The number of hydrogen-bond donors (Lipinski definition) is 3. The number of aryl methyl sites for hydroxylation is 2. The zero-order valence-corrected chi connectivity index (χ0v) is 23.6. The molecule has 210 valence electrons. The average molecular weight is 552 g/mol. The number of nitrogens with one attached hydrogen (secondary N) is 2. The summed E-state index contributed by atoms with van der Waals surface area (Å²) < 4.78 is 40.5. The van der Waals surface area contributed by atoms with Crippen LogP contribution in [0.25, 0.3) is 0 Å². The van der Waals surface area contributed by atoms with Gasteiger partial charge >= 0.3 is 6.03 Å². The summed E-state index contributed by atoms with van der Waals surface area (Å²) in [6.45, 7) is 10.5. The minimum atomic E-state index is -4.14. The first-order valence-electron chi connectivity index (χ1n) is 12.5. The van der Waals surface area contributed by atoms with Crippen LogP contribution in [0.15, 0.2) is 27.6 Å². The van der Waals surface area contributed by atoms with Crippen molar-refractivity contribution in [1.82, 2.24) is 20.3 Å². The van der Waals surface area contributed by atoms with Crippen molar-refractivity contribution in [2.75, 3.05) is 31.5 Å². The van der Waals surface area contributed by atoms with Gasteiger partial charge in [0, 0.05) is 25.6 Å². The summed E-state index contributed by atoms with van der Waals surface area (Å²) in [6.07, 6.45) is -0.608. The van der Waals surface area contributed by atoms with E-state index in [1.54, 1.807) is 31.0 Å². The van der Waals surface area contributed by atoms with Crippen molar-refractivity contribution >= 4 is 27.6 Å². The number of fused-ring (bicyclic) bond motifs is 1. The van der Waals surface area contributed by atoms with Gasteiger partial charge in [-0.05, 0) is 46.8 Å². The fourth-order valence-corrected chi connectivity index (χ4v) is 5.70. The molecule has 0 aliphatic carbocycles. The van der Waals surface area contributed by atoms with E-state index in [1.807, 2.05) is 20.8 Å². The Morgan fingerprint density at radius 3 is 2.55 bits per heavy atom. The fraction of sp³-hybridized carbons (Fsp3) is 0.560. The minimum Gasteiger partial charge on any atom is -0.485 e. The van der Waals surface area contributed by atoms with Gasteiger partial charge in [-0.15, -0.1) is 0 Å². The van der Waals surface area contributed by atoms with Crippen LogP contribution in [0.4, 0.5) is 10.5 Å². The number of likely N-dealkylation sites (N-methyl/N-ethyl adjacent to an activating group) is 1. The highest BCUT2D eigenvalue weighted by atomic mass is 32.2. The van der Waals surface area contributed by atoms with Gasteiger partial charge in [-0.3, -0.25) is 9.52 Å². The molecule has 0 bridgehead atoms. The highest BCUT2D eigenvalue weighted by Crippen LogP contribution is 2.36. The van der Waals surface area contributed by atoms with Crippen molar-refractivity contribution in [1.29, 1.82) is 0 Å². The van der Waals surface area contributed by atoms with Gasteiger partial charge in [-0.25, -0.2) is 13.2 Å². The summed E-state index contributed by atoms with van der Waals surface area (Å²) in [4.78, 5) is 29.1. The van der Waals surface area contributed by atoms with Crippen LogP contribution in [0.5, 0.6) is 5.75 Å². The van der Waals surface area contributed by atoms with Gasteiger partial charge < -0.3 is 29.5 Å². The maximum absolute atomic E-state index is 13.6. The second kappa shape index (κ2) is 11.6. The molecule has 0 spiro atoms. The third kappa shape index (κ3) is 6.21. The Morgan fingerprint density at radius 1 is 1.29 bits per heavy atom.